The SMILES string of the molecule is Cc1cc(F)cc(-c2nn(CC(=O)N(c3ccc4c(c3)OC(F)(F)O4)C3CC3)c(=O)c3nc[nH]c23)c1. The van der Waals surface area contributed by atoms with E-state index < -0.39 is 30.1 Å². The monoisotopic (exact) mass is 497 g/mol. The Morgan fingerprint density at radius 3 is 2.72 bits per heavy atom. The van der Waals surface area contributed by atoms with Crippen molar-refractivity contribution < 1.29 is 27.4 Å². The number of hydrogen-bond acceptors (Lipinski definition) is 6. The van der Waals surface area contributed by atoms with Crippen LogP contribution in [0.5, 0.6) is 11.5 Å². The lowest BCUT2D eigenvalue weighted by Crippen LogP contribution is -2.39. The van der Waals surface area contributed by atoms with Crippen molar-refractivity contribution in [2.75, 3.05) is 4.90 Å². The number of anilines is 1. The zero-order chi connectivity index (χ0) is 25.2. The number of fused-ring (bicyclic) bond motifs is 2. The van der Waals surface area contributed by atoms with Gasteiger partial charge in [0.25, 0.3) is 5.56 Å². The molecule has 9 nitrogen and oxygen atoms in total. The van der Waals surface area contributed by atoms with Crippen molar-refractivity contribution in [3.05, 3.63) is 64.5 Å². The number of benzene rings is 2. The molecule has 1 fully saturated rings. The summed E-state index contributed by atoms with van der Waals surface area (Å²) in [5.41, 5.74) is 1.44. The molecule has 0 unspecified atom stereocenters. The average Bonchev–Trinajstić information content (AvgIpc) is 3.40. The summed E-state index contributed by atoms with van der Waals surface area (Å²) in [5, 5.41) is 4.37. The maximum absolute atomic E-state index is 14.1. The number of rotatable bonds is 5. The first-order chi connectivity index (χ1) is 17.2. The average molecular weight is 497 g/mol. The number of carbonyl (C=O) groups excluding carboxylic acids is 1. The molecule has 0 saturated heterocycles. The quantitative estimate of drug-likeness (QED) is 0.451. The molecule has 0 spiro atoms. The van der Waals surface area contributed by atoms with E-state index in [4.69, 9.17) is 0 Å². The number of aromatic amines is 1. The van der Waals surface area contributed by atoms with Crippen LogP contribution >= 0.6 is 0 Å². The lowest BCUT2D eigenvalue weighted by Gasteiger charge is -2.23. The number of imidazole rings is 1. The molecule has 2 aromatic heterocycles. The van der Waals surface area contributed by atoms with E-state index in [1.54, 1.807) is 13.0 Å². The molecule has 0 atom stereocenters. The summed E-state index contributed by atoms with van der Waals surface area (Å²) < 4.78 is 51.0. The zero-order valence-electron chi connectivity index (χ0n) is 18.8. The van der Waals surface area contributed by atoms with Crippen molar-refractivity contribution in [1.29, 1.82) is 0 Å². The van der Waals surface area contributed by atoms with Crippen LogP contribution in [0.4, 0.5) is 18.9 Å². The van der Waals surface area contributed by atoms with Gasteiger partial charge in [-0.25, -0.2) is 14.1 Å². The molecule has 3 heterocycles. The number of hydrogen-bond donors (Lipinski definition) is 1. The van der Waals surface area contributed by atoms with E-state index in [1.807, 2.05) is 0 Å². The minimum Gasteiger partial charge on any atom is -0.395 e. The third-order valence-corrected chi connectivity index (χ3v) is 5.98. The molecule has 2 aliphatic rings. The summed E-state index contributed by atoms with van der Waals surface area (Å²) in [5.74, 6) is -1.27. The van der Waals surface area contributed by atoms with Gasteiger partial charge in [-0.15, -0.1) is 8.78 Å². The Hall–Kier alpha value is -4.35. The van der Waals surface area contributed by atoms with Crippen LogP contribution in [0.1, 0.15) is 18.4 Å². The predicted molar refractivity (Wildman–Crippen MR) is 121 cm³/mol. The number of halogens is 3. The minimum atomic E-state index is -3.78. The molecule has 2 aromatic carbocycles. The molecule has 6 rings (SSSR count). The normalized spacial score (nSPS) is 15.9. The lowest BCUT2D eigenvalue weighted by molar-refractivity contribution is -0.286. The number of carbonyl (C=O) groups is 1. The Labute approximate surface area is 201 Å². The summed E-state index contributed by atoms with van der Waals surface area (Å²) in [6, 6.07) is 8.29. The van der Waals surface area contributed by atoms with Crippen LogP contribution in [0, 0.1) is 12.7 Å². The van der Waals surface area contributed by atoms with Crippen LogP contribution in [0.2, 0.25) is 0 Å². The third kappa shape index (κ3) is 3.84. The fraction of sp³-hybridized carbons (Fsp3) is 0.250. The van der Waals surface area contributed by atoms with Gasteiger partial charge < -0.3 is 19.4 Å². The van der Waals surface area contributed by atoms with Gasteiger partial charge in [0, 0.05) is 23.4 Å². The molecule has 184 valence electrons. The smallest absolute Gasteiger partial charge is 0.395 e. The van der Waals surface area contributed by atoms with E-state index in [0.29, 0.717) is 35.2 Å². The second-order valence-corrected chi connectivity index (χ2v) is 8.75. The third-order valence-electron chi connectivity index (χ3n) is 5.98. The van der Waals surface area contributed by atoms with Gasteiger partial charge in [-0.05, 0) is 55.7 Å². The molecule has 36 heavy (non-hydrogen) atoms. The molecule has 4 aromatic rings. The van der Waals surface area contributed by atoms with Gasteiger partial charge in [-0.3, -0.25) is 9.59 Å². The van der Waals surface area contributed by atoms with Gasteiger partial charge in [-0.2, -0.15) is 5.10 Å². The highest BCUT2D eigenvalue weighted by atomic mass is 19.3. The van der Waals surface area contributed by atoms with E-state index in [1.165, 1.54) is 41.6 Å². The lowest BCUT2D eigenvalue weighted by atomic mass is 10.1. The Balaban J connectivity index is 1.38. The molecule has 12 heteroatoms. The van der Waals surface area contributed by atoms with Crippen LogP contribution < -0.4 is 19.9 Å². The molecular weight excluding hydrogens is 479 g/mol. The van der Waals surface area contributed by atoms with Crippen molar-refractivity contribution in [1.82, 2.24) is 19.7 Å². The molecule has 1 aliphatic carbocycles. The number of amides is 1. The number of nitrogens with zero attached hydrogens (tertiary/aromatic N) is 4. The summed E-state index contributed by atoms with van der Waals surface area (Å²) in [7, 11) is 0. The topological polar surface area (TPSA) is 102 Å². The Bertz CT molecular complexity index is 1570. The number of aromatic nitrogens is 4. The number of nitrogens with one attached hydrogen (secondary N) is 1. The number of alkyl halides is 2. The van der Waals surface area contributed by atoms with Crippen molar-refractivity contribution in [3.8, 4) is 22.8 Å². The van der Waals surface area contributed by atoms with Crippen LogP contribution in [-0.2, 0) is 11.3 Å². The van der Waals surface area contributed by atoms with E-state index >= 15 is 0 Å². The molecular formula is C24H18F3N5O4. The van der Waals surface area contributed by atoms with Crippen molar-refractivity contribution in [3.63, 3.8) is 0 Å². The van der Waals surface area contributed by atoms with Crippen LogP contribution in [0.15, 0.2) is 47.5 Å². The van der Waals surface area contributed by atoms with E-state index in [-0.39, 0.29) is 28.8 Å². The second kappa shape index (κ2) is 7.83. The highest BCUT2D eigenvalue weighted by Gasteiger charge is 2.44. The fourth-order valence-corrected chi connectivity index (χ4v) is 4.34. The highest BCUT2D eigenvalue weighted by molar-refractivity contribution is 5.95. The largest absolute Gasteiger partial charge is 0.586 e. The van der Waals surface area contributed by atoms with Gasteiger partial charge in [0.1, 0.15) is 18.1 Å². The van der Waals surface area contributed by atoms with Crippen LogP contribution in [0.25, 0.3) is 22.3 Å². The van der Waals surface area contributed by atoms with E-state index in [2.05, 4.69) is 24.5 Å². The predicted octanol–water partition coefficient (Wildman–Crippen LogP) is 3.75. The Morgan fingerprint density at radius 2 is 1.97 bits per heavy atom. The van der Waals surface area contributed by atoms with Crippen molar-refractivity contribution >= 4 is 22.6 Å². The fourth-order valence-electron chi connectivity index (χ4n) is 4.34. The molecule has 0 radical (unpaired) electrons. The summed E-state index contributed by atoms with van der Waals surface area (Å²) in [6.07, 6.45) is -1.03. The van der Waals surface area contributed by atoms with E-state index in [9.17, 15) is 22.8 Å². The number of aryl methyl sites for hydroxylation is 1. The van der Waals surface area contributed by atoms with Gasteiger partial charge >= 0.3 is 6.29 Å². The minimum absolute atomic E-state index is 0.0537. The van der Waals surface area contributed by atoms with Crippen LogP contribution in [-0.4, -0.2) is 38.0 Å². The Kier molecular flexibility index (Phi) is 4.82. The summed E-state index contributed by atoms with van der Waals surface area (Å²) in [4.78, 5) is 34.9. The molecule has 1 aliphatic heterocycles. The zero-order valence-corrected chi connectivity index (χ0v) is 18.8. The maximum atomic E-state index is 14.1. The number of ether oxygens (including phenoxy) is 2. The molecule has 0 bridgehead atoms. The molecule has 1 saturated carbocycles. The van der Waals surface area contributed by atoms with Gasteiger partial charge in [0.15, 0.2) is 17.0 Å². The molecule has 1 N–H and O–H groups in total. The summed E-state index contributed by atoms with van der Waals surface area (Å²) in [6.45, 7) is 1.29. The van der Waals surface area contributed by atoms with Gasteiger partial charge in [0.05, 0.1) is 11.8 Å². The highest BCUT2D eigenvalue weighted by Crippen LogP contribution is 2.44. The molecule has 1 amide bonds. The standard InChI is InChI=1S/C24H18F3N5O4/c1-12-6-13(8-14(25)7-12)20-21-22(29-11-28-21)23(34)31(30-20)10-19(33)32(15-2-3-15)16-4-5-17-18(9-16)36-24(26,27)35-17/h4-9,11,15H,2-3,10H2,1H3,(H,28,29). The van der Waals surface area contributed by atoms with Crippen molar-refractivity contribution in [2.45, 2.75) is 38.6 Å². The van der Waals surface area contributed by atoms with Gasteiger partial charge in [-0.1, -0.05) is 0 Å². The first-order valence-electron chi connectivity index (χ1n) is 11.1. The van der Waals surface area contributed by atoms with Crippen LogP contribution in [0.3, 0.4) is 0 Å². The van der Waals surface area contributed by atoms with Crippen molar-refractivity contribution in [2.24, 2.45) is 0 Å². The second-order valence-electron chi connectivity index (χ2n) is 8.75. The first kappa shape index (κ1) is 22.1. The Morgan fingerprint density at radius 1 is 1.19 bits per heavy atom. The van der Waals surface area contributed by atoms with Gasteiger partial charge in [0.2, 0.25) is 5.91 Å². The summed E-state index contributed by atoms with van der Waals surface area (Å²) >= 11 is 0. The maximum Gasteiger partial charge on any atom is 0.586 e. The number of H-pyrrole nitrogens is 1. The van der Waals surface area contributed by atoms with E-state index in [0.717, 1.165) is 4.68 Å². The first-order valence-corrected chi connectivity index (χ1v) is 11.1.